The lowest BCUT2D eigenvalue weighted by Crippen LogP contribution is -2.38. The normalized spacial score (nSPS) is 19.6. The second-order valence-electron chi connectivity index (χ2n) is 3.78. The number of hydrogen-bond acceptors (Lipinski definition) is 3. The van der Waals surface area contributed by atoms with Gasteiger partial charge in [-0.05, 0) is 55.4 Å². The van der Waals surface area contributed by atoms with Crippen LogP contribution in [0.2, 0.25) is 0 Å². The first kappa shape index (κ1) is 13.0. The molecule has 4 nitrogen and oxygen atoms in total. The molecule has 1 N–H and O–H groups in total. The number of rotatable bonds is 4. The zero-order valence-corrected chi connectivity index (χ0v) is 11.3. The van der Waals surface area contributed by atoms with Crippen LogP contribution in [0.1, 0.15) is 26.2 Å². The van der Waals surface area contributed by atoms with Crippen molar-refractivity contribution in [1.29, 1.82) is 0 Å². The summed E-state index contributed by atoms with van der Waals surface area (Å²) in [5, 5.41) is 2.75. The van der Waals surface area contributed by atoms with Crippen LogP contribution in [0, 0.1) is 0 Å². The van der Waals surface area contributed by atoms with E-state index in [1.54, 1.807) is 0 Å². The number of nitrogens with zero attached hydrogens (tertiary/aromatic N) is 1. The molecular formula is C10H19IN2O2. The Labute approximate surface area is 105 Å². The van der Waals surface area contributed by atoms with Crippen molar-refractivity contribution in [2.24, 2.45) is 0 Å². The number of halogens is 1. The third-order valence-corrected chi connectivity index (χ3v) is 2.67. The number of nitrogens with one attached hydrogen (secondary N) is 1. The Kier molecular flexibility index (Phi) is 6.31. The van der Waals surface area contributed by atoms with Gasteiger partial charge in [0.15, 0.2) is 4.11 Å². The van der Waals surface area contributed by atoms with E-state index in [2.05, 4.69) is 32.8 Å². The second kappa shape index (κ2) is 7.27. The van der Waals surface area contributed by atoms with E-state index < -0.39 is 0 Å². The van der Waals surface area contributed by atoms with Crippen molar-refractivity contribution >= 4 is 28.7 Å². The molecule has 0 aliphatic carbocycles. The van der Waals surface area contributed by atoms with Gasteiger partial charge in [-0.15, -0.1) is 0 Å². The molecule has 1 saturated heterocycles. The summed E-state index contributed by atoms with van der Waals surface area (Å²) in [6, 6.07) is 0. The first-order chi connectivity index (χ1) is 7.18. The quantitative estimate of drug-likeness (QED) is 0.634. The molecule has 0 saturated carbocycles. The van der Waals surface area contributed by atoms with Crippen molar-refractivity contribution in [2.75, 3.05) is 26.2 Å². The Bertz CT molecular complexity index is 194. The van der Waals surface area contributed by atoms with Crippen LogP contribution in [-0.2, 0) is 4.74 Å². The Morgan fingerprint density at radius 3 is 2.73 bits per heavy atom. The number of alkyl halides is 1. The third-order valence-electron chi connectivity index (χ3n) is 2.42. The van der Waals surface area contributed by atoms with Crippen molar-refractivity contribution in [3.8, 4) is 0 Å². The van der Waals surface area contributed by atoms with Gasteiger partial charge in [0, 0.05) is 13.1 Å². The predicted octanol–water partition coefficient (Wildman–Crippen LogP) is 1.98. The van der Waals surface area contributed by atoms with E-state index in [-0.39, 0.29) is 10.2 Å². The minimum Gasteiger partial charge on any atom is -0.436 e. The highest BCUT2D eigenvalue weighted by atomic mass is 127. The van der Waals surface area contributed by atoms with Gasteiger partial charge in [-0.1, -0.05) is 6.42 Å². The zero-order chi connectivity index (χ0) is 11.1. The molecule has 0 spiro atoms. The summed E-state index contributed by atoms with van der Waals surface area (Å²) < 4.78 is 4.89. The van der Waals surface area contributed by atoms with E-state index in [0.717, 1.165) is 6.54 Å². The van der Waals surface area contributed by atoms with Crippen molar-refractivity contribution in [3.05, 3.63) is 0 Å². The molecule has 1 atom stereocenters. The number of likely N-dealkylation sites (tertiary alicyclic amines) is 1. The molecule has 1 aliphatic heterocycles. The number of carbonyl (C=O) groups excluding carboxylic acids is 1. The van der Waals surface area contributed by atoms with Crippen LogP contribution < -0.4 is 5.32 Å². The molecule has 1 fully saturated rings. The maximum atomic E-state index is 11.1. The topological polar surface area (TPSA) is 41.6 Å². The summed E-state index contributed by atoms with van der Waals surface area (Å²) in [6.07, 6.45) is 3.61. The summed E-state index contributed by atoms with van der Waals surface area (Å²) >= 11 is 2.06. The Morgan fingerprint density at radius 2 is 2.13 bits per heavy atom. The molecule has 88 valence electrons. The molecule has 5 heteroatoms. The van der Waals surface area contributed by atoms with E-state index >= 15 is 0 Å². The lowest BCUT2D eigenvalue weighted by atomic mass is 10.1. The highest BCUT2D eigenvalue weighted by Gasteiger charge is 2.10. The van der Waals surface area contributed by atoms with Crippen LogP contribution in [-0.4, -0.2) is 41.3 Å². The van der Waals surface area contributed by atoms with Crippen molar-refractivity contribution in [1.82, 2.24) is 10.2 Å². The predicted molar refractivity (Wildman–Crippen MR) is 68.3 cm³/mol. The van der Waals surface area contributed by atoms with Gasteiger partial charge in [0.1, 0.15) is 0 Å². The minimum absolute atomic E-state index is 0.0717. The largest absolute Gasteiger partial charge is 0.436 e. The van der Waals surface area contributed by atoms with Gasteiger partial charge >= 0.3 is 6.09 Å². The number of hydrogen-bond donors (Lipinski definition) is 1. The highest BCUT2D eigenvalue weighted by Crippen LogP contribution is 2.07. The summed E-state index contributed by atoms with van der Waals surface area (Å²) in [5.74, 6) is 0. The van der Waals surface area contributed by atoms with Crippen LogP contribution in [0.15, 0.2) is 0 Å². The number of piperidine rings is 1. The summed E-state index contributed by atoms with van der Waals surface area (Å²) in [5.41, 5.74) is 0. The smallest absolute Gasteiger partial charge is 0.408 e. The Hall–Kier alpha value is -0.0400. The highest BCUT2D eigenvalue weighted by molar-refractivity contribution is 14.1. The van der Waals surface area contributed by atoms with Crippen molar-refractivity contribution in [3.63, 3.8) is 0 Å². The summed E-state index contributed by atoms with van der Waals surface area (Å²) in [6.45, 7) is 5.79. The first-order valence-corrected chi connectivity index (χ1v) is 6.74. The molecule has 15 heavy (non-hydrogen) atoms. The van der Waals surface area contributed by atoms with Gasteiger partial charge in [-0.25, -0.2) is 4.79 Å². The molecule has 0 aromatic heterocycles. The van der Waals surface area contributed by atoms with Gasteiger partial charge in [-0.2, -0.15) is 0 Å². The molecule has 1 heterocycles. The van der Waals surface area contributed by atoms with E-state index in [0.29, 0.717) is 6.54 Å². The van der Waals surface area contributed by atoms with Crippen LogP contribution in [0.25, 0.3) is 0 Å². The Balaban J connectivity index is 2.02. The maximum absolute atomic E-state index is 11.1. The number of amides is 1. The summed E-state index contributed by atoms with van der Waals surface area (Å²) in [7, 11) is 0. The van der Waals surface area contributed by atoms with E-state index in [1.807, 2.05) is 6.92 Å². The second-order valence-corrected chi connectivity index (χ2v) is 5.53. The third kappa shape index (κ3) is 6.19. The first-order valence-electron chi connectivity index (χ1n) is 5.49. The fourth-order valence-corrected chi connectivity index (χ4v) is 1.92. The van der Waals surface area contributed by atoms with Gasteiger partial charge in [0.25, 0.3) is 0 Å². The number of carbonyl (C=O) groups is 1. The average Bonchev–Trinajstić information content (AvgIpc) is 2.18. The van der Waals surface area contributed by atoms with Gasteiger partial charge in [0.05, 0.1) is 0 Å². The van der Waals surface area contributed by atoms with E-state index in [1.165, 1.54) is 32.4 Å². The van der Waals surface area contributed by atoms with Crippen LogP contribution >= 0.6 is 22.6 Å². The molecule has 1 rings (SSSR count). The molecule has 1 aliphatic rings. The van der Waals surface area contributed by atoms with Crippen LogP contribution in [0.3, 0.4) is 0 Å². The summed E-state index contributed by atoms with van der Waals surface area (Å²) in [4.78, 5) is 13.5. The van der Waals surface area contributed by atoms with Crippen LogP contribution in [0.4, 0.5) is 4.79 Å². The average molecular weight is 326 g/mol. The fraction of sp³-hybridized carbons (Fsp3) is 0.900. The molecule has 1 amide bonds. The molecule has 0 bridgehead atoms. The lowest BCUT2D eigenvalue weighted by molar-refractivity contribution is 0.143. The molecular weight excluding hydrogens is 307 g/mol. The zero-order valence-electron chi connectivity index (χ0n) is 9.17. The van der Waals surface area contributed by atoms with E-state index in [4.69, 9.17) is 4.74 Å². The van der Waals surface area contributed by atoms with Gasteiger partial charge < -0.3 is 15.0 Å². The van der Waals surface area contributed by atoms with Gasteiger partial charge in [-0.3, -0.25) is 0 Å². The monoisotopic (exact) mass is 326 g/mol. The maximum Gasteiger partial charge on any atom is 0.408 e. The lowest BCUT2D eigenvalue weighted by Gasteiger charge is -2.26. The minimum atomic E-state index is -0.311. The fourth-order valence-electron chi connectivity index (χ4n) is 1.69. The number of ether oxygens (including phenoxy) is 1. The van der Waals surface area contributed by atoms with Crippen molar-refractivity contribution < 1.29 is 9.53 Å². The molecule has 1 unspecified atom stereocenters. The SMILES string of the molecule is CC(I)OC(=O)NCCN1CCCCC1. The molecule has 0 radical (unpaired) electrons. The molecule has 0 aromatic carbocycles. The van der Waals surface area contributed by atoms with Crippen LogP contribution in [0.5, 0.6) is 0 Å². The standard InChI is InChI=1S/C10H19IN2O2/c1-9(11)15-10(14)12-5-8-13-6-3-2-4-7-13/h9H,2-8H2,1H3,(H,12,14). The van der Waals surface area contributed by atoms with E-state index in [9.17, 15) is 4.79 Å². The van der Waals surface area contributed by atoms with Crippen molar-refractivity contribution in [2.45, 2.75) is 30.3 Å². The number of alkyl carbamates (subject to hydrolysis) is 1. The van der Waals surface area contributed by atoms with Gasteiger partial charge in [0.2, 0.25) is 0 Å². The molecule has 0 aromatic rings. The Morgan fingerprint density at radius 1 is 1.47 bits per heavy atom.